The minimum absolute atomic E-state index is 0. The van der Waals surface area contributed by atoms with Gasteiger partial charge in [0.25, 0.3) is 5.91 Å². The second kappa shape index (κ2) is 7.85. The van der Waals surface area contributed by atoms with Gasteiger partial charge in [-0.1, -0.05) is 24.3 Å². The molecule has 2 unspecified atom stereocenters. The number of piperidine rings is 1. The number of nitrogens with one attached hydrogen (secondary N) is 1. The van der Waals surface area contributed by atoms with Crippen LogP contribution in [0, 0.1) is 5.92 Å². The average molecular weight is 351 g/mol. The molecule has 0 saturated carbocycles. The fourth-order valence-electron chi connectivity index (χ4n) is 4.40. The Balaban J connectivity index is 0.00000169. The maximum atomic E-state index is 12.9. The Hall–Kier alpha value is -1.10. The van der Waals surface area contributed by atoms with Crippen LogP contribution in [0.3, 0.4) is 0 Å². The third kappa shape index (κ3) is 3.46. The molecular formula is C19H27ClN2O2. The van der Waals surface area contributed by atoms with Crippen molar-refractivity contribution in [2.75, 3.05) is 26.2 Å². The molecule has 132 valence electrons. The molecule has 2 fully saturated rings. The van der Waals surface area contributed by atoms with Crippen molar-refractivity contribution in [2.45, 2.75) is 44.2 Å². The van der Waals surface area contributed by atoms with Crippen molar-refractivity contribution >= 4 is 18.3 Å². The van der Waals surface area contributed by atoms with Crippen LogP contribution >= 0.6 is 12.4 Å². The summed E-state index contributed by atoms with van der Waals surface area (Å²) in [4.78, 5) is 15.0. The van der Waals surface area contributed by atoms with Crippen molar-refractivity contribution in [3.8, 4) is 0 Å². The summed E-state index contributed by atoms with van der Waals surface area (Å²) in [5, 5.41) is 3.62. The van der Waals surface area contributed by atoms with E-state index < -0.39 is 0 Å². The van der Waals surface area contributed by atoms with E-state index in [0.29, 0.717) is 12.6 Å². The van der Waals surface area contributed by atoms with Crippen molar-refractivity contribution < 1.29 is 9.53 Å². The molecule has 5 heteroatoms. The van der Waals surface area contributed by atoms with Gasteiger partial charge in [0, 0.05) is 19.1 Å². The van der Waals surface area contributed by atoms with Gasteiger partial charge in [0.1, 0.15) is 0 Å². The number of hydrogen-bond donors (Lipinski definition) is 1. The van der Waals surface area contributed by atoms with Gasteiger partial charge < -0.3 is 15.0 Å². The Morgan fingerprint density at radius 2 is 1.96 bits per heavy atom. The molecule has 3 aliphatic rings. The number of carbonyl (C=O) groups is 1. The van der Waals surface area contributed by atoms with Gasteiger partial charge in [-0.3, -0.25) is 4.79 Å². The number of rotatable bonds is 2. The number of nitrogens with zero attached hydrogens (tertiary/aromatic N) is 1. The summed E-state index contributed by atoms with van der Waals surface area (Å²) in [5.41, 5.74) is 2.34. The lowest BCUT2D eigenvalue weighted by molar-refractivity contribution is -0.146. The molecule has 24 heavy (non-hydrogen) atoms. The molecule has 2 atom stereocenters. The number of hydrogen-bond acceptors (Lipinski definition) is 3. The summed E-state index contributed by atoms with van der Waals surface area (Å²) in [6, 6.07) is 8.90. The molecule has 0 radical (unpaired) electrons. The molecular weight excluding hydrogens is 324 g/mol. The maximum absolute atomic E-state index is 12.9. The Kier molecular flexibility index (Phi) is 5.80. The summed E-state index contributed by atoms with van der Waals surface area (Å²) < 4.78 is 5.84. The molecule has 1 N–H and O–H groups in total. The Labute approximate surface area is 150 Å². The maximum Gasteiger partial charge on any atom is 0.256 e. The minimum atomic E-state index is -0.388. The lowest BCUT2D eigenvalue weighted by Gasteiger charge is -2.37. The normalized spacial score (nSPS) is 27.4. The topological polar surface area (TPSA) is 41.6 Å². The largest absolute Gasteiger partial charge is 0.363 e. The Bertz CT molecular complexity index is 566. The number of carbonyl (C=O) groups excluding carboxylic acids is 1. The van der Waals surface area contributed by atoms with Crippen LogP contribution in [0.4, 0.5) is 0 Å². The summed E-state index contributed by atoms with van der Waals surface area (Å²) >= 11 is 0. The van der Waals surface area contributed by atoms with Gasteiger partial charge >= 0.3 is 0 Å². The van der Waals surface area contributed by atoms with E-state index >= 15 is 0 Å². The van der Waals surface area contributed by atoms with E-state index in [1.54, 1.807) is 0 Å². The highest BCUT2D eigenvalue weighted by Crippen LogP contribution is 2.31. The first-order valence-electron chi connectivity index (χ1n) is 9.04. The van der Waals surface area contributed by atoms with Gasteiger partial charge in [-0.2, -0.15) is 0 Å². The van der Waals surface area contributed by atoms with Gasteiger partial charge in [0.15, 0.2) is 6.10 Å². The van der Waals surface area contributed by atoms with Gasteiger partial charge in [-0.25, -0.2) is 0 Å². The molecule has 3 heterocycles. The van der Waals surface area contributed by atoms with E-state index in [1.165, 1.54) is 18.4 Å². The second-order valence-electron chi connectivity index (χ2n) is 7.07. The smallest absolute Gasteiger partial charge is 0.256 e. The van der Waals surface area contributed by atoms with E-state index in [0.717, 1.165) is 50.4 Å². The summed E-state index contributed by atoms with van der Waals surface area (Å²) in [7, 11) is 0. The highest BCUT2D eigenvalue weighted by Gasteiger charge is 2.34. The van der Waals surface area contributed by atoms with Crippen LogP contribution in [-0.2, 0) is 16.0 Å². The molecule has 4 nitrogen and oxygen atoms in total. The molecule has 0 aliphatic carbocycles. The predicted molar refractivity (Wildman–Crippen MR) is 96.4 cm³/mol. The summed E-state index contributed by atoms with van der Waals surface area (Å²) in [6.45, 7) is 3.57. The number of ether oxygens (including phenoxy) is 1. The molecule has 0 spiro atoms. The molecule has 0 aromatic heterocycles. The second-order valence-corrected chi connectivity index (χ2v) is 7.07. The first-order valence-corrected chi connectivity index (χ1v) is 9.04. The van der Waals surface area contributed by atoms with Crippen LogP contribution in [0.15, 0.2) is 24.3 Å². The zero-order valence-corrected chi connectivity index (χ0v) is 14.9. The number of fused-ring (bicyclic) bond motifs is 1. The fraction of sp³-hybridized carbons (Fsp3) is 0.632. The van der Waals surface area contributed by atoms with Crippen LogP contribution in [0.25, 0.3) is 0 Å². The summed E-state index contributed by atoms with van der Waals surface area (Å²) in [6.07, 6.45) is 5.38. The van der Waals surface area contributed by atoms with Gasteiger partial charge in [-0.15, -0.1) is 12.4 Å². The van der Waals surface area contributed by atoms with Crippen molar-refractivity contribution in [1.82, 2.24) is 10.2 Å². The number of benzene rings is 1. The molecule has 0 bridgehead atoms. The van der Waals surface area contributed by atoms with E-state index in [2.05, 4.69) is 11.4 Å². The van der Waals surface area contributed by atoms with Crippen molar-refractivity contribution in [3.05, 3.63) is 35.4 Å². The summed E-state index contributed by atoms with van der Waals surface area (Å²) in [5.74, 6) is 0.899. The molecule has 1 aromatic carbocycles. The van der Waals surface area contributed by atoms with Crippen molar-refractivity contribution in [1.29, 1.82) is 0 Å². The highest BCUT2D eigenvalue weighted by molar-refractivity contribution is 5.85. The molecule has 3 aliphatic heterocycles. The quantitative estimate of drug-likeness (QED) is 0.891. The molecule has 2 saturated heterocycles. The standard InChI is InChI=1S/C19H26N2O2.ClH/c22-19(18-16-5-2-1-4-14(16)9-13-23-18)21-11-7-15(8-12-21)17-6-3-10-20-17;/h1-2,4-5,15,17-18,20H,3,6-13H2;1H. The fourth-order valence-corrected chi connectivity index (χ4v) is 4.40. The van der Waals surface area contributed by atoms with Gasteiger partial charge in [0.05, 0.1) is 6.61 Å². The van der Waals surface area contributed by atoms with Crippen molar-refractivity contribution in [2.24, 2.45) is 5.92 Å². The van der Waals surface area contributed by atoms with Crippen LogP contribution < -0.4 is 5.32 Å². The van der Waals surface area contributed by atoms with E-state index in [4.69, 9.17) is 4.74 Å². The van der Waals surface area contributed by atoms with Crippen LogP contribution in [0.5, 0.6) is 0 Å². The third-order valence-corrected chi connectivity index (χ3v) is 5.74. The third-order valence-electron chi connectivity index (χ3n) is 5.74. The van der Waals surface area contributed by atoms with E-state index in [9.17, 15) is 4.79 Å². The van der Waals surface area contributed by atoms with E-state index in [-0.39, 0.29) is 24.4 Å². The SMILES string of the molecule is Cl.O=C(C1OCCc2ccccc21)N1CCC(C2CCCN2)CC1. The lowest BCUT2D eigenvalue weighted by atomic mass is 9.88. The first kappa shape index (κ1) is 17.7. The zero-order valence-electron chi connectivity index (χ0n) is 14.1. The zero-order chi connectivity index (χ0) is 15.6. The number of halogens is 1. The molecule has 1 aromatic rings. The van der Waals surface area contributed by atoms with Gasteiger partial charge in [-0.05, 0) is 55.7 Å². The van der Waals surface area contributed by atoms with Crippen LogP contribution in [0.2, 0.25) is 0 Å². The first-order chi connectivity index (χ1) is 11.3. The Morgan fingerprint density at radius 3 is 2.71 bits per heavy atom. The average Bonchev–Trinajstić information content (AvgIpc) is 3.15. The van der Waals surface area contributed by atoms with Crippen LogP contribution in [0.1, 0.15) is 42.9 Å². The van der Waals surface area contributed by atoms with Crippen molar-refractivity contribution in [3.63, 3.8) is 0 Å². The number of amides is 1. The minimum Gasteiger partial charge on any atom is -0.363 e. The number of likely N-dealkylation sites (tertiary alicyclic amines) is 1. The van der Waals surface area contributed by atoms with Gasteiger partial charge in [0.2, 0.25) is 0 Å². The monoisotopic (exact) mass is 350 g/mol. The predicted octanol–water partition coefficient (Wildman–Crippen LogP) is 2.71. The molecule has 1 amide bonds. The molecule has 4 rings (SSSR count). The lowest BCUT2D eigenvalue weighted by Crippen LogP contribution is -2.45. The van der Waals surface area contributed by atoms with Crippen LogP contribution in [-0.4, -0.2) is 43.1 Å². The highest BCUT2D eigenvalue weighted by atomic mass is 35.5. The Morgan fingerprint density at radius 1 is 1.17 bits per heavy atom. The van der Waals surface area contributed by atoms with E-state index in [1.807, 2.05) is 23.1 Å².